The fourth-order valence-corrected chi connectivity index (χ4v) is 3.29. The lowest BCUT2D eigenvalue weighted by Gasteiger charge is -2.35. The van der Waals surface area contributed by atoms with Crippen LogP contribution in [0.5, 0.6) is 5.75 Å². The molecule has 0 radical (unpaired) electrons. The molecule has 1 N–H and O–H groups in total. The van der Waals surface area contributed by atoms with E-state index in [1.165, 1.54) is 0 Å². The van der Waals surface area contributed by atoms with Crippen molar-refractivity contribution in [1.29, 1.82) is 0 Å². The second-order valence-electron chi connectivity index (χ2n) is 7.56. The Morgan fingerprint density at radius 2 is 1.55 bits per heavy atom. The van der Waals surface area contributed by atoms with Gasteiger partial charge < -0.3 is 19.9 Å². The molecule has 154 valence electrons. The quantitative estimate of drug-likeness (QED) is 0.806. The summed E-state index contributed by atoms with van der Waals surface area (Å²) in [7, 11) is 0. The first-order valence-corrected chi connectivity index (χ1v) is 9.99. The van der Waals surface area contributed by atoms with Gasteiger partial charge in [0.1, 0.15) is 5.75 Å². The van der Waals surface area contributed by atoms with Crippen LogP contribution in [0.2, 0.25) is 5.02 Å². The van der Waals surface area contributed by atoms with Crippen LogP contribution in [-0.2, 0) is 9.59 Å². The highest BCUT2D eigenvalue weighted by atomic mass is 35.5. The minimum atomic E-state index is -1.05. The average Bonchev–Trinajstić information content (AvgIpc) is 2.70. The molecule has 2 aromatic carbocycles. The number of ether oxygens (including phenoxy) is 1. The third kappa shape index (κ3) is 5.41. The summed E-state index contributed by atoms with van der Waals surface area (Å²) in [5, 5.41) is 3.52. The van der Waals surface area contributed by atoms with Crippen LogP contribution < -0.4 is 15.0 Å². The largest absolute Gasteiger partial charge is 0.478 e. The SMILES string of the molecule is CC(=O)N1CCN(c2ccc(NC(=O)C(C)(C)Oc3ccc(Cl)cc3)cc2)CC1. The van der Waals surface area contributed by atoms with Gasteiger partial charge >= 0.3 is 0 Å². The van der Waals surface area contributed by atoms with Gasteiger partial charge in [0.2, 0.25) is 5.91 Å². The standard InChI is InChI=1S/C22H26ClN3O3/c1-16(27)25-12-14-26(15-13-25)19-8-6-18(7-9-19)24-21(28)22(2,3)29-20-10-4-17(23)5-11-20/h4-11H,12-15H2,1-3H3,(H,24,28). The lowest BCUT2D eigenvalue weighted by Crippen LogP contribution is -2.48. The van der Waals surface area contributed by atoms with Gasteiger partial charge in [0, 0.05) is 49.5 Å². The number of benzene rings is 2. The van der Waals surface area contributed by atoms with Gasteiger partial charge in [-0.15, -0.1) is 0 Å². The molecule has 0 unspecified atom stereocenters. The first-order chi connectivity index (χ1) is 13.7. The Morgan fingerprint density at radius 3 is 2.10 bits per heavy atom. The zero-order chi connectivity index (χ0) is 21.0. The van der Waals surface area contributed by atoms with Gasteiger partial charge in [0.15, 0.2) is 5.60 Å². The van der Waals surface area contributed by atoms with Crippen LogP contribution in [0.1, 0.15) is 20.8 Å². The van der Waals surface area contributed by atoms with E-state index in [-0.39, 0.29) is 11.8 Å². The van der Waals surface area contributed by atoms with Gasteiger partial charge in [0.05, 0.1) is 0 Å². The molecular weight excluding hydrogens is 390 g/mol. The smallest absolute Gasteiger partial charge is 0.267 e. The Morgan fingerprint density at radius 1 is 0.966 bits per heavy atom. The van der Waals surface area contributed by atoms with E-state index in [0.717, 1.165) is 31.9 Å². The molecule has 1 heterocycles. The van der Waals surface area contributed by atoms with E-state index in [0.29, 0.717) is 16.5 Å². The normalized spacial score (nSPS) is 14.5. The number of rotatable bonds is 5. The number of amides is 2. The summed E-state index contributed by atoms with van der Waals surface area (Å²) in [5.74, 6) is 0.455. The van der Waals surface area contributed by atoms with Crippen molar-refractivity contribution in [2.24, 2.45) is 0 Å². The molecule has 0 atom stereocenters. The topological polar surface area (TPSA) is 61.9 Å². The van der Waals surface area contributed by atoms with Crippen LogP contribution in [0.4, 0.5) is 11.4 Å². The van der Waals surface area contributed by atoms with Crippen molar-refractivity contribution >= 4 is 34.8 Å². The van der Waals surface area contributed by atoms with E-state index >= 15 is 0 Å². The molecule has 1 aliphatic heterocycles. The summed E-state index contributed by atoms with van der Waals surface area (Å²) >= 11 is 5.89. The molecule has 0 aromatic heterocycles. The molecule has 0 aliphatic carbocycles. The number of piperazine rings is 1. The van der Waals surface area contributed by atoms with Crippen LogP contribution >= 0.6 is 11.6 Å². The minimum Gasteiger partial charge on any atom is -0.478 e. The van der Waals surface area contributed by atoms with E-state index in [1.54, 1.807) is 45.0 Å². The third-order valence-electron chi connectivity index (χ3n) is 4.95. The molecule has 3 rings (SSSR count). The van der Waals surface area contributed by atoms with Gasteiger partial charge in [0.25, 0.3) is 5.91 Å². The predicted molar refractivity (Wildman–Crippen MR) is 116 cm³/mol. The first-order valence-electron chi connectivity index (χ1n) is 9.61. The van der Waals surface area contributed by atoms with Gasteiger partial charge in [-0.1, -0.05) is 11.6 Å². The number of halogens is 1. The number of carbonyl (C=O) groups excluding carboxylic acids is 2. The molecular formula is C22H26ClN3O3. The van der Waals surface area contributed by atoms with E-state index in [9.17, 15) is 9.59 Å². The molecule has 29 heavy (non-hydrogen) atoms. The Labute approximate surface area is 176 Å². The number of carbonyl (C=O) groups is 2. The highest BCUT2D eigenvalue weighted by molar-refractivity contribution is 6.30. The summed E-state index contributed by atoms with van der Waals surface area (Å²) in [5.41, 5.74) is 0.729. The summed E-state index contributed by atoms with van der Waals surface area (Å²) in [4.78, 5) is 28.2. The number of nitrogens with zero attached hydrogens (tertiary/aromatic N) is 2. The third-order valence-corrected chi connectivity index (χ3v) is 5.20. The van der Waals surface area contributed by atoms with Crippen molar-refractivity contribution in [2.45, 2.75) is 26.4 Å². The molecule has 6 nitrogen and oxygen atoms in total. The van der Waals surface area contributed by atoms with E-state index in [1.807, 2.05) is 29.2 Å². The maximum Gasteiger partial charge on any atom is 0.267 e. The summed E-state index contributed by atoms with van der Waals surface area (Å²) in [6.45, 7) is 8.10. The number of hydrogen-bond acceptors (Lipinski definition) is 4. The predicted octanol–water partition coefficient (Wildman–Crippen LogP) is 3.80. The minimum absolute atomic E-state index is 0.117. The van der Waals surface area contributed by atoms with Crippen LogP contribution in [0, 0.1) is 0 Å². The monoisotopic (exact) mass is 415 g/mol. The Balaban J connectivity index is 1.58. The molecule has 0 bridgehead atoms. The van der Waals surface area contributed by atoms with Gasteiger partial charge in [-0.25, -0.2) is 0 Å². The van der Waals surface area contributed by atoms with Gasteiger partial charge in [-0.05, 0) is 62.4 Å². The maximum atomic E-state index is 12.7. The molecule has 0 spiro atoms. The average molecular weight is 416 g/mol. The molecule has 1 saturated heterocycles. The molecule has 0 saturated carbocycles. The number of hydrogen-bond donors (Lipinski definition) is 1. The lowest BCUT2D eigenvalue weighted by atomic mass is 10.1. The van der Waals surface area contributed by atoms with E-state index in [2.05, 4.69) is 10.2 Å². The summed E-state index contributed by atoms with van der Waals surface area (Å²) < 4.78 is 5.83. The van der Waals surface area contributed by atoms with E-state index in [4.69, 9.17) is 16.3 Å². The second-order valence-corrected chi connectivity index (χ2v) is 8.00. The van der Waals surface area contributed by atoms with Crippen LogP contribution in [0.25, 0.3) is 0 Å². The van der Waals surface area contributed by atoms with Crippen LogP contribution in [-0.4, -0.2) is 48.5 Å². The van der Waals surface area contributed by atoms with Crippen molar-refractivity contribution in [3.63, 3.8) is 0 Å². The molecule has 1 aliphatic rings. The fraction of sp³-hybridized carbons (Fsp3) is 0.364. The lowest BCUT2D eigenvalue weighted by molar-refractivity contribution is -0.129. The van der Waals surface area contributed by atoms with Crippen molar-refractivity contribution < 1.29 is 14.3 Å². The maximum absolute atomic E-state index is 12.7. The molecule has 7 heteroatoms. The number of nitrogens with one attached hydrogen (secondary N) is 1. The number of anilines is 2. The molecule has 2 amide bonds. The summed E-state index contributed by atoms with van der Waals surface area (Å²) in [6, 6.07) is 14.6. The zero-order valence-electron chi connectivity index (χ0n) is 16.9. The highest BCUT2D eigenvalue weighted by Crippen LogP contribution is 2.24. The van der Waals surface area contributed by atoms with Crippen molar-refractivity contribution in [2.75, 3.05) is 36.4 Å². The van der Waals surface area contributed by atoms with E-state index < -0.39 is 5.60 Å². The fourth-order valence-electron chi connectivity index (χ4n) is 3.16. The van der Waals surface area contributed by atoms with Crippen LogP contribution in [0.15, 0.2) is 48.5 Å². The van der Waals surface area contributed by atoms with Gasteiger partial charge in [-0.3, -0.25) is 9.59 Å². The molecule has 2 aromatic rings. The first kappa shape index (κ1) is 21.0. The van der Waals surface area contributed by atoms with Crippen molar-refractivity contribution in [3.8, 4) is 5.75 Å². The Bertz CT molecular complexity index is 858. The van der Waals surface area contributed by atoms with Crippen molar-refractivity contribution in [1.82, 2.24) is 4.90 Å². The summed E-state index contributed by atoms with van der Waals surface area (Å²) in [6.07, 6.45) is 0. The molecule has 1 fully saturated rings. The van der Waals surface area contributed by atoms with Crippen LogP contribution in [0.3, 0.4) is 0 Å². The zero-order valence-corrected chi connectivity index (χ0v) is 17.7. The second kappa shape index (κ2) is 8.74. The highest BCUT2D eigenvalue weighted by Gasteiger charge is 2.30. The van der Waals surface area contributed by atoms with Crippen molar-refractivity contribution in [3.05, 3.63) is 53.6 Å². The Kier molecular flexibility index (Phi) is 6.33. The van der Waals surface area contributed by atoms with Gasteiger partial charge in [-0.2, -0.15) is 0 Å². The Hall–Kier alpha value is -2.73.